The molecule has 1 aliphatic rings. The molecular weight excluding hydrogens is 492 g/mol. The van der Waals surface area contributed by atoms with Crippen molar-refractivity contribution in [2.45, 2.75) is 46.3 Å². The first kappa shape index (κ1) is 26.1. The van der Waals surface area contributed by atoms with Gasteiger partial charge in [-0.2, -0.15) is 0 Å². The van der Waals surface area contributed by atoms with Crippen LogP contribution in [0.5, 0.6) is 0 Å². The van der Waals surface area contributed by atoms with Gasteiger partial charge in [-0.15, -0.1) is 0 Å². The van der Waals surface area contributed by atoms with E-state index in [9.17, 15) is 9.59 Å². The van der Waals surface area contributed by atoms with Crippen molar-refractivity contribution in [1.29, 1.82) is 0 Å². The standard InChI is InChI=1S/C27H30N4O3S2/c1-17(2)34-15-9-13-28-23-21(25(32)30-14-8-10-18(3)24(30)29-23)16-22-26(33)31(27(35)36-22)19(4)20-11-6-5-7-12-20/h5-8,10-12,14,16-17,19,28H,9,13,15H2,1-4H3. The number of ether oxygens (including phenoxy) is 1. The average molecular weight is 523 g/mol. The summed E-state index contributed by atoms with van der Waals surface area (Å²) in [4.78, 5) is 33.7. The molecule has 1 amide bonds. The van der Waals surface area contributed by atoms with Crippen LogP contribution < -0.4 is 10.9 Å². The average Bonchev–Trinajstić information content (AvgIpc) is 3.14. The number of pyridine rings is 1. The first-order valence-electron chi connectivity index (χ1n) is 12.0. The summed E-state index contributed by atoms with van der Waals surface area (Å²) in [6.45, 7) is 9.03. The third-order valence-electron chi connectivity index (χ3n) is 5.92. The van der Waals surface area contributed by atoms with Crippen molar-refractivity contribution in [2.24, 2.45) is 0 Å². The molecule has 1 N–H and O–H groups in total. The highest BCUT2D eigenvalue weighted by molar-refractivity contribution is 8.26. The van der Waals surface area contributed by atoms with E-state index in [4.69, 9.17) is 21.9 Å². The van der Waals surface area contributed by atoms with Gasteiger partial charge in [0.05, 0.1) is 22.6 Å². The molecule has 0 aliphatic carbocycles. The van der Waals surface area contributed by atoms with E-state index < -0.39 is 0 Å². The number of benzene rings is 1. The summed E-state index contributed by atoms with van der Waals surface area (Å²) >= 11 is 6.77. The Labute approximate surface area is 220 Å². The van der Waals surface area contributed by atoms with Gasteiger partial charge in [0, 0.05) is 19.3 Å². The van der Waals surface area contributed by atoms with E-state index in [1.807, 2.05) is 70.2 Å². The molecule has 1 atom stereocenters. The number of thiocarbonyl (C=S) groups is 1. The molecular formula is C27H30N4O3S2. The lowest BCUT2D eigenvalue weighted by atomic mass is 10.1. The fourth-order valence-electron chi connectivity index (χ4n) is 4.00. The Morgan fingerprint density at radius 2 is 1.89 bits per heavy atom. The second-order valence-electron chi connectivity index (χ2n) is 8.90. The van der Waals surface area contributed by atoms with Gasteiger partial charge in [0.1, 0.15) is 15.8 Å². The summed E-state index contributed by atoms with van der Waals surface area (Å²) in [5.41, 5.74) is 2.53. The van der Waals surface area contributed by atoms with Crippen LogP contribution in [0.15, 0.2) is 58.4 Å². The second-order valence-corrected chi connectivity index (χ2v) is 10.6. The van der Waals surface area contributed by atoms with Gasteiger partial charge in [-0.05, 0) is 57.4 Å². The number of hydrogen-bond donors (Lipinski definition) is 1. The van der Waals surface area contributed by atoms with Crippen LogP contribution in [0.2, 0.25) is 0 Å². The van der Waals surface area contributed by atoms with Crippen molar-refractivity contribution in [3.63, 3.8) is 0 Å². The van der Waals surface area contributed by atoms with Crippen LogP contribution in [0.3, 0.4) is 0 Å². The van der Waals surface area contributed by atoms with Crippen LogP contribution in [0.4, 0.5) is 5.82 Å². The molecule has 0 bridgehead atoms. The van der Waals surface area contributed by atoms with Crippen molar-refractivity contribution in [2.75, 3.05) is 18.5 Å². The molecule has 1 saturated heterocycles. The number of thioether (sulfide) groups is 1. The number of nitrogens with one attached hydrogen (secondary N) is 1. The molecule has 7 nitrogen and oxygen atoms in total. The SMILES string of the molecule is Cc1cccn2c(=O)c(C=C3SC(=S)N(C(C)c4ccccc4)C3=O)c(NCCCOC(C)C)nc12. The molecule has 0 radical (unpaired) electrons. The number of carbonyl (C=O) groups is 1. The molecule has 4 rings (SSSR count). The Bertz CT molecular complexity index is 1370. The topological polar surface area (TPSA) is 75.9 Å². The maximum absolute atomic E-state index is 13.5. The third-order valence-corrected chi connectivity index (χ3v) is 7.25. The summed E-state index contributed by atoms with van der Waals surface area (Å²) in [6.07, 6.45) is 4.22. The molecule has 188 valence electrons. The van der Waals surface area contributed by atoms with E-state index in [0.717, 1.165) is 17.5 Å². The minimum Gasteiger partial charge on any atom is -0.379 e. The third kappa shape index (κ3) is 5.53. The van der Waals surface area contributed by atoms with Crippen LogP contribution >= 0.6 is 24.0 Å². The number of fused-ring (bicyclic) bond motifs is 1. The van der Waals surface area contributed by atoms with Crippen LogP contribution in [-0.2, 0) is 9.53 Å². The zero-order valence-corrected chi connectivity index (χ0v) is 22.5. The Morgan fingerprint density at radius 1 is 1.14 bits per heavy atom. The number of carbonyl (C=O) groups excluding carboxylic acids is 1. The quantitative estimate of drug-likeness (QED) is 0.235. The minimum absolute atomic E-state index is 0.159. The van der Waals surface area contributed by atoms with Crippen LogP contribution in [0.25, 0.3) is 11.7 Å². The monoisotopic (exact) mass is 522 g/mol. The molecule has 1 aliphatic heterocycles. The van der Waals surface area contributed by atoms with Gasteiger partial charge >= 0.3 is 0 Å². The van der Waals surface area contributed by atoms with Crippen molar-refractivity contribution < 1.29 is 9.53 Å². The van der Waals surface area contributed by atoms with Crippen molar-refractivity contribution in [3.05, 3.63) is 80.6 Å². The molecule has 1 aromatic carbocycles. The molecule has 9 heteroatoms. The number of anilines is 1. The number of aromatic nitrogens is 2. The molecule has 2 aromatic heterocycles. The molecule has 1 unspecified atom stereocenters. The van der Waals surface area contributed by atoms with Gasteiger partial charge in [0.25, 0.3) is 11.5 Å². The van der Waals surface area contributed by atoms with Crippen LogP contribution in [-0.4, -0.2) is 43.8 Å². The van der Waals surface area contributed by atoms with Gasteiger partial charge in [0.15, 0.2) is 0 Å². The molecule has 1 fully saturated rings. The van der Waals surface area contributed by atoms with E-state index in [1.165, 1.54) is 16.2 Å². The highest BCUT2D eigenvalue weighted by atomic mass is 32.2. The lowest BCUT2D eigenvalue weighted by Crippen LogP contribution is -2.31. The Kier molecular flexibility index (Phi) is 8.23. The molecule has 36 heavy (non-hydrogen) atoms. The van der Waals surface area contributed by atoms with E-state index in [1.54, 1.807) is 17.2 Å². The lowest BCUT2D eigenvalue weighted by molar-refractivity contribution is -0.123. The van der Waals surface area contributed by atoms with Gasteiger partial charge in [0.2, 0.25) is 0 Å². The van der Waals surface area contributed by atoms with E-state index in [0.29, 0.717) is 39.4 Å². The summed E-state index contributed by atoms with van der Waals surface area (Å²) in [5, 5.41) is 3.29. The van der Waals surface area contributed by atoms with Crippen LogP contribution in [0, 0.1) is 6.92 Å². The number of hydrogen-bond acceptors (Lipinski definition) is 7. The van der Waals surface area contributed by atoms with Crippen LogP contribution in [0.1, 0.15) is 49.9 Å². The fourth-order valence-corrected chi connectivity index (χ4v) is 5.40. The minimum atomic E-state index is -0.244. The predicted molar refractivity (Wildman–Crippen MR) is 150 cm³/mol. The highest BCUT2D eigenvalue weighted by Gasteiger charge is 2.36. The summed E-state index contributed by atoms with van der Waals surface area (Å²) < 4.78 is 7.60. The largest absolute Gasteiger partial charge is 0.379 e. The Balaban J connectivity index is 1.69. The maximum Gasteiger partial charge on any atom is 0.267 e. The molecule has 3 heterocycles. The Morgan fingerprint density at radius 3 is 2.61 bits per heavy atom. The number of rotatable bonds is 9. The summed E-state index contributed by atoms with van der Waals surface area (Å²) in [6, 6.07) is 13.3. The van der Waals surface area contributed by atoms with Gasteiger partial charge in [-0.25, -0.2) is 4.98 Å². The van der Waals surface area contributed by atoms with Gasteiger partial charge < -0.3 is 10.1 Å². The second kappa shape index (κ2) is 11.4. The normalized spacial score (nSPS) is 15.9. The van der Waals surface area contributed by atoms with E-state index in [2.05, 4.69) is 5.32 Å². The van der Waals surface area contributed by atoms with Gasteiger partial charge in [-0.1, -0.05) is 60.4 Å². The number of amides is 1. The van der Waals surface area contributed by atoms with Gasteiger partial charge in [-0.3, -0.25) is 18.9 Å². The van der Waals surface area contributed by atoms with Crippen molar-refractivity contribution in [3.8, 4) is 0 Å². The number of nitrogens with zero attached hydrogens (tertiary/aromatic N) is 3. The van der Waals surface area contributed by atoms with Crippen molar-refractivity contribution >= 4 is 51.7 Å². The maximum atomic E-state index is 13.5. The molecule has 0 saturated carbocycles. The Hall–Kier alpha value is -3.01. The van der Waals surface area contributed by atoms with E-state index in [-0.39, 0.29) is 23.6 Å². The smallest absolute Gasteiger partial charge is 0.267 e. The molecule has 3 aromatic rings. The summed E-state index contributed by atoms with van der Waals surface area (Å²) in [5.74, 6) is 0.228. The summed E-state index contributed by atoms with van der Waals surface area (Å²) in [7, 11) is 0. The first-order chi connectivity index (χ1) is 17.3. The predicted octanol–water partition coefficient (Wildman–Crippen LogP) is 5.19. The zero-order chi connectivity index (χ0) is 25.8. The van der Waals surface area contributed by atoms with Crippen molar-refractivity contribution in [1.82, 2.24) is 14.3 Å². The van der Waals surface area contributed by atoms with E-state index >= 15 is 0 Å². The first-order valence-corrected chi connectivity index (χ1v) is 13.2. The zero-order valence-electron chi connectivity index (χ0n) is 20.9. The lowest BCUT2D eigenvalue weighted by Gasteiger charge is -2.23. The number of aryl methyl sites for hydroxylation is 1. The molecule has 0 spiro atoms. The highest BCUT2D eigenvalue weighted by Crippen LogP contribution is 2.38. The fraction of sp³-hybridized carbons (Fsp3) is 0.333.